The van der Waals surface area contributed by atoms with E-state index in [1.807, 2.05) is 25.3 Å². The summed E-state index contributed by atoms with van der Waals surface area (Å²) in [5.74, 6) is 5.41. The van der Waals surface area contributed by atoms with Gasteiger partial charge in [-0.3, -0.25) is 14.6 Å². The van der Waals surface area contributed by atoms with E-state index in [4.69, 9.17) is 22.0 Å². The number of aryl methyl sites for hydroxylation is 1. The summed E-state index contributed by atoms with van der Waals surface area (Å²) in [5.41, 5.74) is 14.4. The van der Waals surface area contributed by atoms with Gasteiger partial charge in [0.15, 0.2) is 5.75 Å². The topological polar surface area (TPSA) is 149 Å². The van der Waals surface area contributed by atoms with Gasteiger partial charge < -0.3 is 26.2 Å². The first-order valence-corrected chi connectivity index (χ1v) is 11.4. The number of benzene rings is 2. The highest BCUT2D eigenvalue weighted by atomic mass is 32.2. The summed E-state index contributed by atoms with van der Waals surface area (Å²) in [4.78, 5) is 24.4. The molecule has 0 radical (unpaired) electrons. The number of primary amides is 1. The van der Waals surface area contributed by atoms with Crippen LogP contribution in [0.5, 0.6) is 5.75 Å². The molecule has 10 heteroatoms. The molecular formula is C23H32N6O3S. The summed E-state index contributed by atoms with van der Waals surface area (Å²) in [6.07, 6.45) is 3.12. The van der Waals surface area contributed by atoms with Gasteiger partial charge in [-0.2, -0.15) is 0 Å². The molecular weight excluding hydrogens is 440 g/mol. The first-order valence-electron chi connectivity index (χ1n) is 10.1. The number of amides is 2. The summed E-state index contributed by atoms with van der Waals surface area (Å²) in [6.45, 7) is 8.10. The van der Waals surface area contributed by atoms with Crippen molar-refractivity contribution < 1.29 is 14.3 Å². The number of nitrogens with one attached hydrogen (secondary N) is 2. The number of hydrogen-bond donors (Lipinski definition) is 5. The van der Waals surface area contributed by atoms with Gasteiger partial charge in [0.25, 0.3) is 11.8 Å². The Hall–Kier alpha value is -3.37. The summed E-state index contributed by atoms with van der Waals surface area (Å²) in [7, 11) is 1.55. The largest absolute Gasteiger partial charge is 0.492 e. The molecule has 0 aliphatic heterocycles. The van der Waals surface area contributed by atoms with E-state index < -0.39 is 5.91 Å². The third kappa shape index (κ3) is 6.33. The Bertz CT molecular complexity index is 1080. The van der Waals surface area contributed by atoms with Gasteiger partial charge in [0.1, 0.15) is 5.70 Å². The van der Waals surface area contributed by atoms with Crippen LogP contribution in [0.3, 0.4) is 0 Å². The molecule has 2 aromatic carbocycles. The van der Waals surface area contributed by atoms with E-state index in [0.717, 1.165) is 21.8 Å². The lowest BCUT2D eigenvalue weighted by Gasteiger charge is -2.24. The highest BCUT2D eigenvalue weighted by Crippen LogP contribution is 2.39. The Morgan fingerprint density at radius 3 is 2.30 bits per heavy atom. The lowest BCUT2D eigenvalue weighted by Crippen LogP contribution is -2.30. The van der Waals surface area contributed by atoms with Crippen LogP contribution in [0.4, 0.5) is 17.1 Å². The molecule has 8 N–H and O–H groups in total. The molecule has 0 heterocycles. The number of ether oxygens (including phenoxy) is 1. The average molecular weight is 473 g/mol. The highest BCUT2D eigenvalue weighted by Gasteiger charge is 2.21. The van der Waals surface area contributed by atoms with Gasteiger partial charge in [0, 0.05) is 18.0 Å². The lowest BCUT2D eigenvalue weighted by molar-refractivity contribution is -0.114. The fourth-order valence-corrected chi connectivity index (χ4v) is 3.44. The summed E-state index contributed by atoms with van der Waals surface area (Å²) < 4.78 is 8.81. The van der Waals surface area contributed by atoms with Crippen LogP contribution >= 0.6 is 11.9 Å². The van der Waals surface area contributed by atoms with Gasteiger partial charge in [-0.1, -0.05) is 38.8 Å². The van der Waals surface area contributed by atoms with Crippen molar-refractivity contribution in [1.29, 1.82) is 0 Å². The number of nitrogens with zero attached hydrogens (tertiary/aromatic N) is 1. The van der Waals surface area contributed by atoms with E-state index in [1.54, 1.807) is 25.3 Å². The SMILES string of the molecule is COc1c(NSC)cc(C(C)(C)C)cc1NC(=O)c1ccc(C)c(N(N)/C=C(\N)C(N)=O)c1. The summed E-state index contributed by atoms with van der Waals surface area (Å²) in [6, 6.07) is 8.96. The van der Waals surface area contributed by atoms with Crippen molar-refractivity contribution >= 4 is 40.8 Å². The predicted molar refractivity (Wildman–Crippen MR) is 136 cm³/mol. The predicted octanol–water partition coefficient (Wildman–Crippen LogP) is 3.21. The monoisotopic (exact) mass is 472 g/mol. The van der Waals surface area contributed by atoms with Crippen molar-refractivity contribution in [2.45, 2.75) is 33.1 Å². The van der Waals surface area contributed by atoms with Crippen molar-refractivity contribution in [2.24, 2.45) is 17.3 Å². The van der Waals surface area contributed by atoms with Crippen LogP contribution in [0.2, 0.25) is 0 Å². The average Bonchev–Trinajstić information content (AvgIpc) is 2.73. The van der Waals surface area contributed by atoms with E-state index in [9.17, 15) is 9.59 Å². The fraction of sp³-hybridized carbons (Fsp3) is 0.304. The number of carbonyl (C=O) groups is 2. The number of hydrazine groups is 1. The van der Waals surface area contributed by atoms with Crippen LogP contribution in [-0.2, 0) is 10.2 Å². The number of nitrogens with two attached hydrogens (primary N) is 3. The Morgan fingerprint density at radius 1 is 1.12 bits per heavy atom. The van der Waals surface area contributed by atoms with Crippen molar-refractivity contribution in [2.75, 3.05) is 28.4 Å². The zero-order chi connectivity index (χ0) is 24.9. The molecule has 33 heavy (non-hydrogen) atoms. The second-order valence-corrected chi connectivity index (χ2v) is 9.08. The van der Waals surface area contributed by atoms with Crippen LogP contribution in [0, 0.1) is 6.92 Å². The number of anilines is 3. The molecule has 0 aliphatic carbocycles. The molecule has 0 saturated carbocycles. The van der Waals surface area contributed by atoms with Crippen LogP contribution in [-0.4, -0.2) is 25.2 Å². The maximum Gasteiger partial charge on any atom is 0.266 e. The first-order chi connectivity index (χ1) is 15.4. The van der Waals surface area contributed by atoms with E-state index in [0.29, 0.717) is 22.7 Å². The van der Waals surface area contributed by atoms with Crippen molar-refractivity contribution in [3.05, 3.63) is 58.9 Å². The molecule has 0 fully saturated rings. The minimum absolute atomic E-state index is 0.148. The fourth-order valence-electron chi connectivity index (χ4n) is 3.07. The number of carbonyl (C=O) groups excluding carboxylic acids is 2. The lowest BCUT2D eigenvalue weighted by atomic mass is 9.86. The molecule has 0 aliphatic rings. The van der Waals surface area contributed by atoms with Gasteiger partial charge in [-0.05, 0) is 47.7 Å². The molecule has 0 bridgehead atoms. The first kappa shape index (κ1) is 25.9. The van der Waals surface area contributed by atoms with Crippen LogP contribution < -0.4 is 37.1 Å². The number of hydrogen-bond acceptors (Lipinski definition) is 8. The molecule has 178 valence electrons. The Labute approximate surface area is 198 Å². The van der Waals surface area contributed by atoms with Gasteiger partial charge >= 0.3 is 0 Å². The van der Waals surface area contributed by atoms with Gasteiger partial charge in [0.05, 0.1) is 24.2 Å². The Morgan fingerprint density at radius 2 is 1.76 bits per heavy atom. The van der Waals surface area contributed by atoms with Crippen molar-refractivity contribution in [1.82, 2.24) is 0 Å². The smallest absolute Gasteiger partial charge is 0.266 e. The van der Waals surface area contributed by atoms with Crippen molar-refractivity contribution in [3.8, 4) is 5.75 Å². The zero-order valence-electron chi connectivity index (χ0n) is 19.8. The standard InChI is InChI=1S/C23H32N6O3S/c1-13-7-8-14(9-19(13)29(26)12-16(24)21(25)30)22(31)27-17-10-15(23(2,3)4)11-18(28-33-6)20(17)32-5/h7-12,28H,24,26H2,1-6H3,(H2,25,30)(H,27,31)/b16-12-. The molecule has 2 aromatic rings. The van der Waals surface area contributed by atoms with E-state index in [1.165, 1.54) is 18.1 Å². The van der Waals surface area contributed by atoms with E-state index >= 15 is 0 Å². The zero-order valence-corrected chi connectivity index (χ0v) is 20.6. The molecule has 0 spiro atoms. The molecule has 0 aromatic heterocycles. The van der Waals surface area contributed by atoms with Gasteiger partial charge in [-0.15, -0.1) is 0 Å². The molecule has 9 nitrogen and oxygen atoms in total. The van der Waals surface area contributed by atoms with E-state index in [2.05, 4.69) is 30.8 Å². The molecule has 0 atom stereocenters. The van der Waals surface area contributed by atoms with Crippen LogP contribution in [0.15, 0.2) is 42.2 Å². The maximum atomic E-state index is 13.2. The van der Waals surface area contributed by atoms with Gasteiger partial charge in [-0.25, -0.2) is 5.84 Å². The van der Waals surface area contributed by atoms with Crippen LogP contribution in [0.25, 0.3) is 0 Å². The van der Waals surface area contributed by atoms with Crippen molar-refractivity contribution in [3.63, 3.8) is 0 Å². The van der Waals surface area contributed by atoms with E-state index in [-0.39, 0.29) is 17.0 Å². The third-order valence-electron chi connectivity index (χ3n) is 4.93. The van der Waals surface area contributed by atoms with Crippen LogP contribution in [0.1, 0.15) is 42.3 Å². The summed E-state index contributed by atoms with van der Waals surface area (Å²) >= 11 is 1.43. The quantitative estimate of drug-likeness (QED) is 0.170. The molecule has 0 unspecified atom stereocenters. The Balaban J connectivity index is 2.47. The number of methoxy groups -OCH3 is 1. The normalized spacial score (nSPS) is 11.7. The second-order valence-electron chi connectivity index (χ2n) is 8.47. The molecule has 2 amide bonds. The maximum absolute atomic E-state index is 13.2. The second kappa shape index (κ2) is 10.5. The highest BCUT2D eigenvalue weighted by molar-refractivity contribution is 7.99. The molecule has 0 saturated heterocycles. The number of rotatable bonds is 8. The minimum Gasteiger partial charge on any atom is -0.492 e. The summed E-state index contributed by atoms with van der Waals surface area (Å²) in [5, 5.41) is 4.11. The Kier molecular flexibility index (Phi) is 8.23. The van der Waals surface area contributed by atoms with Gasteiger partial charge in [0.2, 0.25) is 0 Å². The molecule has 2 rings (SSSR count). The third-order valence-corrected chi connectivity index (χ3v) is 5.36. The minimum atomic E-state index is -0.794.